The lowest BCUT2D eigenvalue weighted by atomic mass is 9.86. The number of aromatic amines is 1. The van der Waals surface area contributed by atoms with Crippen molar-refractivity contribution in [1.82, 2.24) is 9.97 Å². The summed E-state index contributed by atoms with van der Waals surface area (Å²) in [6.07, 6.45) is 6.68. The van der Waals surface area contributed by atoms with E-state index in [9.17, 15) is 4.79 Å². The number of fused-ring (bicyclic) bond motifs is 2. The Hall–Kier alpha value is -2.10. The average Bonchev–Trinajstić information content (AvgIpc) is 3.08. The van der Waals surface area contributed by atoms with E-state index in [-0.39, 0.29) is 5.91 Å². The second-order valence-electron chi connectivity index (χ2n) is 6.23. The normalized spacial score (nSPS) is 23.3. The van der Waals surface area contributed by atoms with Crippen LogP contribution in [-0.4, -0.2) is 15.9 Å². The molecule has 1 aromatic carbocycles. The molecule has 1 amide bonds. The highest BCUT2D eigenvalue weighted by Crippen LogP contribution is 2.39. The molecule has 20 heavy (non-hydrogen) atoms. The molecule has 0 bridgehead atoms. The third-order valence-electron chi connectivity index (χ3n) is 4.49. The van der Waals surface area contributed by atoms with Gasteiger partial charge in [-0.15, -0.1) is 0 Å². The van der Waals surface area contributed by atoms with Crippen LogP contribution in [0.3, 0.4) is 0 Å². The predicted octanol–water partition coefficient (Wildman–Crippen LogP) is 3.23. The molecular formula is C16H17N3O. The summed E-state index contributed by atoms with van der Waals surface area (Å²) in [5.41, 5.74) is 3.42. The zero-order chi connectivity index (χ0) is 13.9. The smallest absolute Gasteiger partial charge is 0.234 e. The molecule has 2 aliphatic rings. The van der Waals surface area contributed by atoms with E-state index in [2.05, 4.69) is 33.5 Å². The molecule has 2 N–H and O–H groups in total. The monoisotopic (exact) mass is 267 g/mol. The van der Waals surface area contributed by atoms with E-state index in [0.29, 0.717) is 5.92 Å². The van der Waals surface area contributed by atoms with Crippen LogP contribution in [-0.2, 0) is 10.2 Å². The fourth-order valence-corrected chi connectivity index (χ4v) is 3.13. The van der Waals surface area contributed by atoms with Crippen molar-refractivity contribution in [2.45, 2.75) is 38.0 Å². The highest BCUT2D eigenvalue weighted by Gasteiger charge is 2.38. The van der Waals surface area contributed by atoms with Crippen molar-refractivity contribution in [3.63, 3.8) is 0 Å². The second-order valence-corrected chi connectivity index (χ2v) is 6.23. The van der Waals surface area contributed by atoms with Crippen molar-refractivity contribution >= 4 is 22.6 Å². The van der Waals surface area contributed by atoms with E-state index >= 15 is 0 Å². The van der Waals surface area contributed by atoms with Crippen molar-refractivity contribution in [1.29, 1.82) is 0 Å². The number of anilines is 1. The van der Waals surface area contributed by atoms with Crippen LogP contribution < -0.4 is 5.32 Å². The number of hydrogen-bond donors (Lipinski definition) is 2. The van der Waals surface area contributed by atoms with Crippen LogP contribution in [0.2, 0.25) is 0 Å². The van der Waals surface area contributed by atoms with Gasteiger partial charge in [0.25, 0.3) is 0 Å². The minimum absolute atomic E-state index is 0.0547. The molecule has 0 radical (unpaired) electrons. The Morgan fingerprint density at radius 1 is 1.35 bits per heavy atom. The molecule has 1 aromatic heterocycles. The second kappa shape index (κ2) is 3.72. The van der Waals surface area contributed by atoms with Gasteiger partial charge in [0.15, 0.2) is 0 Å². The molecule has 102 valence electrons. The van der Waals surface area contributed by atoms with Gasteiger partial charge in [0, 0.05) is 11.6 Å². The number of nitrogens with one attached hydrogen (secondary N) is 2. The first-order valence-electron chi connectivity index (χ1n) is 7.08. The summed E-state index contributed by atoms with van der Waals surface area (Å²) in [6, 6.07) is 4.05. The standard InChI is InChI=1S/C16H17N3O/c1-16(2)10-7-12-13(8-11(10)19-15(16)20)18-14(17-12)9-5-3-4-6-9/h3,5,7-9H,4,6H2,1-2H3,(H,17,18)(H,19,20). The van der Waals surface area contributed by atoms with Crippen molar-refractivity contribution in [3.05, 3.63) is 35.7 Å². The lowest BCUT2D eigenvalue weighted by molar-refractivity contribution is -0.119. The summed E-state index contributed by atoms with van der Waals surface area (Å²) in [6.45, 7) is 3.91. The Balaban J connectivity index is 1.86. The lowest BCUT2D eigenvalue weighted by Crippen LogP contribution is -2.26. The maximum atomic E-state index is 12.0. The summed E-state index contributed by atoms with van der Waals surface area (Å²) in [7, 11) is 0. The number of hydrogen-bond acceptors (Lipinski definition) is 2. The minimum Gasteiger partial charge on any atom is -0.341 e. The first-order valence-corrected chi connectivity index (χ1v) is 7.08. The molecule has 1 aliphatic carbocycles. The van der Waals surface area contributed by atoms with E-state index < -0.39 is 5.41 Å². The predicted molar refractivity (Wildman–Crippen MR) is 78.9 cm³/mol. The maximum Gasteiger partial charge on any atom is 0.234 e. The molecule has 1 unspecified atom stereocenters. The van der Waals surface area contributed by atoms with Crippen LogP contribution in [0.5, 0.6) is 0 Å². The average molecular weight is 267 g/mol. The minimum atomic E-state index is -0.470. The quantitative estimate of drug-likeness (QED) is 0.779. The van der Waals surface area contributed by atoms with Crippen LogP contribution in [0.15, 0.2) is 24.3 Å². The van der Waals surface area contributed by atoms with Gasteiger partial charge in [0.05, 0.1) is 16.4 Å². The SMILES string of the molecule is CC1(C)C(=O)Nc2cc3nc(C4C=CCC4)[nH]c3cc21. The Kier molecular flexibility index (Phi) is 2.18. The molecule has 4 nitrogen and oxygen atoms in total. The van der Waals surface area contributed by atoms with Gasteiger partial charge in [0.1, 0.15) is 5.82 Å². The fraction of sp³-hybridized carbons (Fsp3) is 0.375. The lowest BCUT2D eigenvalue weighted by Gasteiger charge is -2.14. The largest absolute Gasteiger partial charge is 0.341 e. The van der Waals surface area contributed by atoms with Gasteiger partial charge in [-0.05, 0) is 44.4 Å². The zero-order valence-electron chi connectivity index (χ0n) is 11.7. The fourth-order valence-electron chi connectivity index (χ4n) is 3.13. The molecule has 0 spiro atoms. The molecule has 4 heteroatoms. The summed E-state index contributed by atoms with van der Waals surface area (Å²) in [5, 5.41) is 2.95. The molecule has 4 rings (SSSR count). The Morgan fingerprint density at radius 2 is 2.20 bits per heavy atom. The first kappa shape index (κ1) is 11.7. The number of benzene rings is 1. The maximum absolute atomic E-state index is 12.0. The molecule has 0 fully saturated rings. The topological polar surface area (TPSA) is 57.8 Å². The number of H-pyrrole nitrogens is 1. The Morgan fingerprint density at radius 3 is 2.95 bits per heavy atom. The molecule has 2 aromatic rings. The van der Waals surface area contributed by atoms with E-state index in [0.717, 1.165) is 41.0 Å². The molecule has 0 saturated carbocycles. The van der Waals surface area contributed by atoms with Crippen molar-refractivity contribution in [3.8, 4) is 0 Å². The molecule has 1 aliphatic heterocycles. The summed E-state index contributed by atoms with van der Waals surface area (Å²) >= 11 is 0. The number of rotatable bonds is 1. The highest BCUT2D eigenvalue weighted by atomic mass is 16.2. The molecule has 0 saturated heterocycles. The Labute approximate surface area is 117 Å². The van der Waals surface area contributed by atoms with Gasteiger partial charge in [-0.3, -0.25) is 4.79 Å². The van der Waals surface area contributed by atoms with E-state index in [1.54, 1.807) is 0 Å². The van der Waals surface area contributed by atoms with Crippen LogP contribution in [0.25, 0.3) is 11.0 Å². The molecule has 1 atom stereocenters. The number of amides is 1. The van der Waals surface area contributed by atoms with Gasteiger partial charge in [0.2, 0.25) is 5.91 Å². The van der Waals surface area contributed by atoms with Gasteiger partial charge in [-0.2, -0.15) is 0 Å². The van der Waals surface area contributed by atoms with Crippen molar-refractivity contribution in [2.75, 3.05) is 5.32 Å². The third-order valence-corrected chi connectivity index (χ3v) is 4.49. The Bertz CT molecular complexity index is 754. The number of carbonyl (C=O) groups excluding carboxylic acids is 1. The van der Waals surface area contributed by atoms with Gasteiger partial charge < -0.3 is 10.3 Å². The van der Waals surface area contributed by atoms with E-state index in [1.165, 1.54) is 0 Å². The highest BCUT2D eigenvalue weighted by molar-refractivity contribution is 6.07. The molecular weight excluding hydrogens is 250 g/mol. The van der Waals surface area contributed by atoms with E-state index in [4.69, 9.17) is 0 Å². The van der Waals surface area contributed by atoms with Gasteiger partial charge in [-0.1, -0.05) is 12.2 Å². The van der Waals surface area contributed by atoms with Crippen LogP contribution in [0.1, 0.15) is 44.0 Å². The number of nitrogens with zero attached hydrogens (tertiary/aromatic N) is 1. The van der Waals surface area contributed by atoms with Crippen LogP contribution in [0.4, 0.5) is 5.69 Å². The summed E-state index contributed by atoms with van der Waals surface area (Å²) in [5.74, 6) is 1.49. The number of aromatic nitrogens is 2. The number of allylic oxidation sites excluding steroid dienone is 2. The zero-order valence-corrected chi connectivity index (χ0v) is 11.7. The summed E-state index contributed by atoms with van der Waals surface area (Å²) in [4.78, 5) is 20.1. The third kappa shape index (κ3) is 1.48. The first-order chi connectivity index (χ1) is 9.55. The molecule has 2 heterocycles. The van der Waals surface area contributed by atoms with Crippen molar-refractivity contribution < 1.29 is 4.79 Å². The summed E-state index contributed by atoms with van der Waals surface area (Å²) < 4.78 is 0. The van der Waals surface area contributed by atoms with Crippen LogP contribution in [0, 0.1) is 0 Å². The number of carbonyl (C=O) groups is 1. The number of imidazole rings is 1. The van der Waals surface area contributed by atoms with Gasteiger partial charge >= 0.3 is 0 Å². The van der Waals surface area contributed by atoms with Crippen LogP contribution >= 0.6 is 0 Å². The van der Waals surface area contributed by atoms with Gasteiger partial charge in [-0.25, -0.2) is 4.98 Å². The van der Waals surface area contributed by atoms with E-state index in [1.807, 2.05) is 19.9 Å². The van der Waals surface area contributed by atoms with Crippen molar-refractivity contribution in [2.24, 2.45) is 0 Å².